The molecule has 0 unspecified atom stereocenters. The molecule has 2 aliphatic carbocycles. The molecular weight excluding hydrogens is 289 g/mol. The fourth-order valence-corrected chi connectivity index (χ4v) is 2.56. The molecule has 0 atom stereocenters. The summed E-state index contributed by atoms with van der Waals surface area (Å²) >= 11 is 0. The van der Waals surface area contributed by atoms with Gasteiger partial charge in [-0.3, -0.25) is 0 Å². The van der Waals surface area contributed by atoms with Crippen LogP contribution in [0, 0.1) is 0 Å². The minimum absolute atomic E-state index is 0.211. The summed E-state index contributed by atoms with van der Waals surface area (Å²) < 4.78 is 44.9. The zero-order valence-electron chi connectivity index (χ0n) is 11.8. The van der Waals surface area contributed by atoms with Crippen molar-refractivity contribution in [3.63, 3.8) is 0 Å². The fraction of sp³-hybridized carbons (Fsp3) is 0.111. The third-order valence-corrected chi connectivity index (χ3v) is 3.61. The van der Waals surface area contributed by atoms with E-state index in [1.165, 1.54) is 12.1 Å². The molecule has 0 saturated carbocycles. The molecule has 4 heteroatoms. The van der Waals surface area contributed by atoms with Gasteiger partial charge in [-0.25, -0.2) is 0 Å². The Balaban J connectivity index is 2.22. The van der Waals surface area contributed by atoms with Crippen molar-refractivity contribution in [1.29, 1.82) is 0 Å². The van der Waals surface area contributed by atoms with Crippen molar-refractivity contribution in [3.05, 3.63) is 66.2 Å². The van der Waals surface area contributed by atoms with E-state index < -0.39 is 11.7 Å². The van der Waals surface area contributed by atoms with Crippen LogP contribution < -0.4 is 4.74 Å². The highest BCUT2D eigenvalue weighted by Gasteiger charge is 2.36. The van der Waals surface area contributed by atoms with Crippen molar-refractivity contribution in [3.8, 4) is 28.0 Å². The average Bonchev–Trinajstić information content (AvgIpc) is 2.70. The number of fused-ring (bicyclic) bond motifs is 1. The third kappa shape index (κ3) is 2.52. The summed E-state index contributed by atoms with van der Waals surface area (Å²) in [7, 11) is 1.55. The highest BCUT2D eigenvalue weighted by Crippen LogP contribution is 2.45. The van der Waals surface area contributed by atoms with Gasteiger partial charge in [-0.1, -0.05) is 42.5 Å². The molecule has 0 aliphatic heterocycles. The van der Waals surface area contributed by atoms with Gasteiger partial charge in [0.25, 0.3) is 0 Å². The van der Waals surface area contributed by atoms with Crippen LogP contribution in [-0.4, -0.2) is 7.11 Å². The number of benzene rings is 1. The summed E-state index contributed by atoms with van der Waals surface area (Å²) in [5, 5.41) is 0. The lowest BCUT2D eigenvalue weighted by Gasteiger charge is -2.06. The van der Waals surface area contributed by atoms with Gasteiger partial charge in [-0.05, 0) is 40.5 Å². The maximum Gasteiger partial charge on any atom is 0.417 e. The van der Waals surface area contributed by atoms with Crippen molar-refractivity contribution in [2.24, 2.45) is 0 Å². The quantitative estimate of drug-likeness (QED) is 0.608. The molecule has 3 rings (SSSR count). The largest absolute Gasteiger partial charge is 0.497 e. The van der Waals surface area contributed by atoms with Crippen LogP contribution >= 0.6 is 0 Å². The lowest BCUT2D eigenvalue weighted by molar-refractivity contribution is -0.136. The first-order valence-electron chi connectivity index (χ1n) is 6.74. The molecule has 0 spiro atoms. The number of ether oxygens (including phenoxy) is 1. The van der Waals surface area contributed by atoms with E-state index in [-0.39, 0.29) is 5.56 Å². The molecule has 0 fully saturated rings. The first-order valence-corrected chi connectivity index (χ1v) is 6.74. The minimum Gasteiger partial charge on any atom is -0.497 e. The van der Waals surface area contributed by atoms with E-state index in [1.54, 1.807) is 55.6 Å². The molecule has 0 bridgehead atoms. The van der Waals surface area contributed by atoms with Crippen LogP contribution in [0.4, 0.5) is 13.2 Å². The van der Waals surface area contributed by atoms with E-state index in [4.69, 9.17) is 4.74 Å². The summed E-state index contributed by atoms with van der Waals surface area (Å²) in [5.74, 6) is 0.668. The molecule has 0 saturated heterocycles. The van der Waals surface area contributed by atoms with Crippen molar-refractivity contribution < 1.29 is 17.9 Å². The van der Waals surface area contributed by atoms with Crippen LogP contribution in [0.3, 0.4) is 0 Å². The van der Waals surface area contributed by atoms with Crippen LogP contribution in [-0.2, 0) is 6.18 Å². The molecule has 0 heterocycles. The first-order chi connectivity index (χ1) is 10.5. The topological polar surface area (TPSA) is 9.23 Å². The zero-order chi connectivity index (χ0) is 15.7. The van der Waals surface area contributed by atoms with Gasteiger partial charge in [0, 0.05) is 0 Å². The van der Waals surface area contributed by atoms with Gasteiger partial charge in [-0.15, -0.1) is 0 Å². The molecule has 112 valence electrons. The summed E-state index contributed by atoms with van der Waals surface area (Å²) in [6, 6.07) is 16.5. The molecule has 0 aromatic heterocycles. The first kappa shape index (κ1) is 14.4. The third-order valence-electron chi connectivity index (χ3n) is 3.61. The Kier molecular flexibility index (Phi) is 3.53. The average molecular weight is 302 g/mol. The van der Waals surface area contributed by atoms with Crippen molar-refractivity contribution in [2.75, 3.05) is 7.11 Å². The van der Waals surface area contributed by atoms with Gasteiger partial charge >= 0.3 is 6.18 Å². The van der Waals surface area contributed by atoms with Crippen LogP contribution in [0.15, 0.2) is 60.7 Å². The Hall–Kier alpha value is -2.49. The van der Waals surface area contributed by atoms with Crippen LogP contribution in [0.2, 0.25) is 0 Å². The second-order valence-corrected chi connectivity index (χ2v) is 4.94. The summed E-state index contributed by atoms with van der Waals surface area (Å²) in [4.78, 5) is 0. The molecule has 0 amide bonds. The monoisotopic (exact) mass is 302 g/mol. The zero-order valence-corrected chi connectivity index (χ0v) is 11.8. The Morgan fingerprint density at radius 2 is 1.41 bits per heavy atom. The number of alkyl halides is 3. The van der Waals surface area contributed by atoms with Gasteiger partial charge < -0.3 is 4.74 Å². The maximum atomic E-state index is 13.3. The number of methoxy groups -OCH3 is 1. The second-order valence-electron chi connectivity index (χ2n) is 4.94. The highest BCUT2D eigenvalue weighted by atomic mass is 19.4. The lowest BCUT2D eigenvalue weighted by Crippen LogP contribution is -2.03. The van der Waals surface area contributed by atoms with E-state index in [9.17, 15) is 13.2 Å². The standard InChI is InChI=1S/C18H13F3O/c1-22-13-9-7-12(8-10-13)16-11-17(18(19,20)21)15-6-4-2-3-5-14(15)16/h2-11H,1H3. The van der Waals surface area contributed by atoms with Gasteiger partial charge in [0.1, 0.15) is 5.75 Å². The number of hydrogen-bond acceptors (Lipinski definition) is 1. The van der Waals surface area contributed by atoms with E-state index in [0.717, 1.165) is 5.56 Å². The number of hydrogen-bond donors (Lipinski definition) is 0. The van der Waals surface area contributed by atoms with E-state index >= 15 is 0 Å². The summed E-state index contributed by atoms with van der Waals surface area (Å²) in [6.07, 6.45) is -4.38. The smallest absolute Gasteiger partial charge is 0.417 e. The van der Waals surface area contributed by atoms with Gasteiger partial charge in [0.15, 0.2) is 0 Å². The van der Waals surface area contributed by atoms with Gasteiger partial charge in [0.2, 0.25) is 0 Å². The Morgan fingerprint density at radius 1 is 0.773 bits per heavy atom. The molecule has 1 aromatic rings. The molecule has 2 aliphatic rings. The highest BCUT2D eigenvalue weighted by molar-refractivity contribution is 5.89. The van der Waals surface area contributed by atoms with Gasteiger partial charge in [-0.2, -0.15) is 13.2 Å². The van der Waals surface area contributed by atoms with Crippen molar-refractivity contribution in [2.45, 2.75) is 6.18 Å². The van der Waals surface area contributed by atoms with Gasteiger partial charge in [0.05, 0.1) is 12.7 Å². The number of halogens is 3. The van der Waals surface area contributed by atoms with E-state index in [0.29, 0.717) is 16.9 Å². The van der Waals surface area contributed by atoms with Crippen molar-refractivity contribution in [1.82, 2.24) is 0 Å². The van der Waals surface area contributed by atoms with Crippen LogP contribution in [0.1, 0.15) is 5.56 Å². The lowest BCUT2D eigenvalue weighted by atomic mass is 10.0. The Bertz CT molecular complexity index is 760. The normalized spacial score (nSPS) is 11.6. The SMILES string of the molecule is COc1ccc(-c2cc(C(F)(F)F)c3cccccc2-3)cc1. The molecule has 22 heavy (non-hydrogen) atoms. The summed E-state index contributed by atoms with van der Waals surface area (Å²) in [6.45, 7) is 0. The molecule has 0 radical (unpaired) electrons. The van der Waals surface area contributed by atoms with Crippen LogP contribution in [0.25, 0.3) is 22.3 Å². The molecular formula is C18H13F3O. The van der Waals surface area contributed by atoms with E-state index in [1.807, 2.05) is 0 Å². The number of rotatable bonds is 2. The Morgan fingerprint density at radius 3 is 2.00 bits per heavy atom. The van der Waals surface area contributed by atoms with E-state index in [2.05, 4.69) is 0 Å². The summed E-state index contributed by atoms with van der Waals surface area (Å²) in [5.41, 5.74) is 1.49. The minimum atomic E-state index is -4.38. The Labute approximate surface area is 126 Å². The predicted octanol–water partition coefficient (Wildman–Crippen LogP) is 5.49. The predicted molar refractivity (Wildman–Crippen MR) is 80.1 cm³/mol. The fourth-order valence-electron chi connectivity index (χ4n) is 2.56. The second kappa shape index (κ2) is 5.37. The molecule has 1 nitrogen and oxygen atoms in total. The molecule has 1 aromatic carbocycles. The molecule has 0 N–H and O–H groups in total. The maximum absolute atomic E-state index is 13.3. The van der Waals surface area contributed by atoms with Crippen LogP contribution in [0.5, 0.6) is 5.75 Å². The van der Waals surface area contributed by atoms with Crippen molar-refractivity contribution >= 4 is 0 Å².